The van der Waals surface area contributed by atoms with Gasteiger partial charge in [0.2, 0.25) is 0 Å². The minimum absolute atomic E-state index is 0.0466. The normalized spacial score (nSPS) is 10.4. The lowest BCUT2D eigenvalue weighted by Crippen LogP contribution is -2.32. The van der Waals surface area contributed by atoms with Crippen molar-refractivity contribution in [3.8, 4) is 0 Å². The summed E-state index contributed by atoms with van der Waals surface area (Å²) in [4.78, 5) is 33.5. The fourth-order valence-corrected chi connectivity index (χ4v) is 1.91. The molecule has 0 saturated heterocycles. The average molecular weight is 340 g/mol. The molecule has 0 aromatic heterocycles. The fraction of sp³-hybridized carbons (Fsp3) is 0.118. The van der Waals surface area contributed by atoms with E-state index in [0.29, 0.717) is 11.3 Å². The summed E-state index contributed by atoms with van der Waals surface area (Å²) in [5.74, 6) is -1.76. The molecule has 0 aliphatic heterocycles. The molecule has 25 heavy (non-hydrogen) atoms. The zero-order valence-electron chi connectivity index (χ0n) is 13.4. The summed E-state index contributed by atoms with van der Waals surface area (Å²) >= 11 is 0. The number of hydrogen-bond acceptors (Lipinski definition) is 5. The van der Waals surface area contributed by atoms with Gasteiger partial charge in [0.25, 0.3) is 5.69 Å². The highest BCUT2D eigenvalue weighted by Crippen LogP contribution is 2.11. The molecule has 0 fully saturated rings. The second-order valence-corrected chi connectivity index (χ2v) is 5.05. The standard InChI is InChI=1S/C17H16N4O4/c1-2-12-3-7-14(8-4-12)19-16(22)17(23)20-18-11-13-5-9-15(10-6-13)21(24)25/h3-11H,2H2,1H3,(H,19,22)(H,20,23)/b18-11+. The zero-order valence-corrected chi connectivity index (χ0v) is 13.4. The van der Waals surface area contributed by atoms with Gasteiger partial charge in [-0.2, -0.15) is 5.10 Å². The summed E-state index contributed by atoms with van der Waals surface area (Å²) < 4.78 is 0. The van der Waals surface area contributed by atoms with Crippen LogP contribution < -0.4 is 10.7 Å². The maximum absolute atomic E-state index is 11.8. The molecule has 2 rings (SSSR count). The minimum Gasteiger partial charge on any atom is -0.318 e. The highest BCUT2D eigenvalue weighted by molar-refractivity contribution is 6.39. The number of aryl methyl sites for hydroxylation is 1. The van der Waals surface area contributed by atoms with Crippen LogP contribution in [0.15, 0.2) is 53.6 Å². The van der Waals surface area contributed by atoms with Crippen LogP contribution in [0.25, 0.3) is 0 Å². The largest absolute Gasteiger partial charge is 0.329 e. The smallest absolute Gasteiger partial charge is 0.318 e. The first-order valence-electron chi connectivity index (χ1n) is 7.47. The Morgan fingerprint density at radius 3 is 2.28 bits per heavy atom. The Morgan fingerprint density at radius 2 is 1.72 bits per heavy atom. The number of nitro benzene ring substituents is 1. The number of benzene rings is 2. The Balaban J connectivity index is 1.87. The Bertz CT molecular complexity index is 798. The first-order chi connectivity index (χ1) is 12.0. The number of hydrogen-bond donors (Lipinski definition) is 2. The third-order valence-corrected chi connectivity index (χ3v) is 3.31. The third-order valence-electron chi connectivity index (χ3n) is 3.31. The first kappa shape index (κ1) is 17.8. The number of nitro groups is 1. The van der Waals surface area contributed by atoms with E-state index in [9.17, 15) is 19.7 Å². The van der Waals surface area contributed by atoms with Crippen LogP contribution >= 0.6 is 0 Å². The van der Waals surface area contributed by atoms with Crippen molar-refractivity contribution in [1.29, 1.82) is 0 Å². The van der Waals surface area contributed by atoms with Gasteiger partial charge in [0.15, 0.2) is 0 Å². The molecule has 0 saturated carbocycles. The van der Waals surface area contributed by atoms with E-state index >= 15 is 0 Å². The fourth-order valence-electron chi connectivity index (χ4n) is 1.91. The molecule has 2 amide bonds. The van der Waals surface area contributed by atoms with E-state index in [0.717, 1.165) is 12.0 Å². The molecule has 0 atom stereocenters. The number of amides is 2. The Hall–Kier alpha value is -3.55. The maximum atomic E-state index is 11.8. The van der Waals surface area contributed by atoms with Crippen LogP contribution in [0.1, 0.15) is 18.1 Å². The number of carbonyl (C=O) groups excluding carboxylic acids is 2. The summed E-state index contributed by atoms with van der Waals surface area (Å²) in [7, 11) is 0. The Labute approximate surface area is 143 Å². The van der Waals surface area contributed by atoms with Crippen LogP contribution in [0.5, 0.6) is 0 Å². The number of non-ortho nitro benzene ring substituents is 1. The molecule has 2 aromatic carbocycles. The monoisotopic (exact) mass is 340 g/mol. The molecule has 2 N–H and O–H groups in total. The summed E-state index contributed by atoms with van der Waals surface area (Å²) in [5, 5.41) is 16.7. The predicted octanol–water partition coefficient (Wildman–Crippen LogP) is 2.25. The van der Waals surface area contributed by atoms with Crippen LogP contribution in [0, 0.1) is 10.1 Å². The van der Waals surface area contributed by atoms with Crippen molar-refractivity contribution in [1.82, 2.24) is 5.43 Å². The van der Waals surface area contributed by atoms with Crippen molar-refractivity contribution >= 4 is 29.4 Å². The quantitative estimate of drug-likeness (QED) is 0.376. The lowest BCUT2D eigenvalue weighted by atomic mass is 10.1. The number of nitrogens with zero attached hydrogens (tertiary/aromatic N) is 2. The van der Waals surface area contributed by atoms with Crippen LogP contribution in [0.4, 0.5) is 11.4 Å². The van der Waals surface area contributed by atoms with Gasteiger partial charge in [0.05, 0.1) is 11.1 Å². The zero-order chi connectivity index (χ0) is 18.2. The van der Waals surface area contributed by atoms with Gasteiger partial charge in [-0.25, -0.2) is 5.43 Å². The third kappa shape index (κ3) is 5.24. The summed E-state index contributed by atoms with van der Waals surface area (Å²) in [6.07, 6.45) is 2.16. The summed E-state index contributed by atoms with van der Waals surface area (Å²) in [6.45, 7) is 2.02. The van der Waals surface area contributed by atoms with Crippen molar-refractivity contribution in [3.63, 3.8) is 0 Å². The van der Waals surface area contributed by atoms with Crippen molar-refractivity contribution in [2.75, 3.05) is 5.32 Å². The van der Waals surface area contributed by atoms with Crippen LogP contribution in [-0.4, -0.2) is 23.0 Å². The van der Waals surface area contributed by atoms with Gasteiger partial charge in [-0.15, -0.1) is 0 Å². The van der Waals surface area contributed by atoms with E-state index < -0.39 is 16.7 Å². The summed E-state index contributed by atoms with van der Waals surface area (Å²) in [6, 6.07) is 12.7. The van der Waals surface area contributed by atoms with Crippen molar-refractivity contribution < 1.29 is 14.5 Å². The molecule has 128 valence electrons. The van der Waals surface area contributed by atoms with E-state index in [-0.39, 0.29) is 5.69 Å². The van der Waals surface area contributed by atoms with Crippen LogP contribution in [0.3, 0.4) is 0 Å². The molecule has 0 spiro atoms. The van der Waals surface area contributed by atoms with Gasteiger partial charge < -0.3 is 5.32 Å². The lowest BCUT2D eigenvalue weighted by Gasteiger charge is -2.04. The van der Waals surface area contributed by atoms with E-state index in [4.69, 9.17) is 0 Å². The van der Waals surface area contributed by atoms with Gasteiger partial charge in [0, 0.05) is 17.8 Å². The highest BCUT2D eigenvalue weighted by atomic mass is 16.6. The van der Waals surface area contributed by atoms with E-state index in [2.05, 4.69) is 15.8 Å². The van der Waals surface area contributed by atoms with Crippen LogP contribution in [-0.2, 0) is 16.0 Å². The van der Waals surface area contributed by atoms with Gasteiger partial charge in [0.1, 0.15) is 0 Å². The number of anilines is 1. The highest BCUT2D eigenvalue weighted by Gasteiger charge is 2.12. The number of hydrazone groups is 1. The molecule has 2 aromatic rings. The summed E-state index contributed by atoms with van der Waals surface area (Å²) in [5.41, 5.74) is 4.22. The lowest BCUT2D eigenvalue weighted by molar-refractivity contribution is -0.384. The van der Waals surface area contributed by atoms with E-state index in [1.165, 1.54) is 30.5 Å². The predicted molar refractivity (Wildman–Crippen MR) is 93.3 cm³/mol. The van der Waals surface area contributed by atoms with Crippen LogP contribution in [0.2, 0.25) is 0 Å². The van der Waals surface area contributed by atoms with Crippen molar-refractivity contribution in [3.05, 3.63) is 69.8 Å². The number of carbonyl (C=O) groups is 2. The second kappa shape index (κ2) is 8.34. The Kier molecular flexibility index (Phi) is 5.94. The Morgan fingerprint density at radius 1 is 1.08 bits per heavy atom. The minimum atomic E-state index is -0.919. The van der Waals surface area contributed by atoms with Gasteiger partial charge in [-0.3, -0.25) is 19.7 Å². The van der Waals surface area contributed by atoms with Gasteiger partial charge in [-0.05, 0) is 41.8 Å². The van der Waals surface area contributed by atoms with E-state index in [1.807, 2.05) is 19.1 Å². The maximum Gasteiger partial charge on any atom is 0.329 e. The second-order valence-electron chi connectivity index (χ2n) is 5.05. The molecule has 0 radical (unpaired) electrons. The van der Waals surface area contributed by atoms with Crippen molar-refractivity contribution in [2.24, 2.45) is 5.10 Å². The van der Waals surface area contributed by atoms with E-state index in [1.54, 1.807) is 12.1 Å². The van der Waals surface area contributed by atoms with Gasteiger partial charge >= 0.3 is 11.8 Å². The molecule has 8 nitrogen and oxygen atoms in total. The molecule has 0 unspecified atom stereocenters. The number of rotatable bonds is 5. The number of nitrogens with one attached hydrogen (secondary N) is 2. The SMILES string of the molecule is CCc1ccc(NC(=O)C(=O)N/N=C/c2ccc([N+](=O)[O-])cc2)cc1. The molecule has 8 heteroatoms. The van der Waals surface area contributed by atoms with Gasteiger partial charge in [-0.1, -0.05) is 19.1 Å². The van der Waals surface area contributed by atoms with Crippen molar-refractivity contribution in [2.45, 2.75) is 13.3 Å². The first-order valence-corrected chi connectivity index (χ1v) is 7.47. The molecule has 0 aliphatic rings. The molecule has 0 aliphatic carbocycles. The molecule has 0 bridgehead atoms. The topological polar surface area (TPSA) is 114 Å². The molecular formula is C17H16N4O4. The average Bonchev–Trinajstić information content (AvgIpc) is 2.62. The molecular weight excluding hydrogens is 324 g/mol. The molecule has 0 heterocycles.